The third-order valence-electron chi connectivity index (χ3n) is 11.2. The van der Waals surface area contributed by atoms with E-state index >= 15 is 0 Å². The maximum Gasteiger partial charge on any atom is 0.255 e. The molecule has 12 nitrogen and oxygen atoms in total. The lowest BCUT2D eigenvalue weighted by Crippen LogP contribution is -2.57. The van der Waals surface area contributed by atoms with Crippen molar-refractivity contribution >= 4 is 28.8 Å². The highest BCUT2D eigenvalue weighted by Gasteiger charge is 2.41. The van der Waals surface area contributed by atoms with E-state index in [9.17, 15) is 24.6 Å². The van der Waals surface area contributed by atoms with Crippen LogP contribution in [0.15, 0.2) is 72.8 Å². The fourth-order valence-electron chi connectivity index (χ4n) is 7.70. The number of aliphatic hydroxyl groups excluding tert-OH is 2. The summed E-state index contributed by atoms with van der Waals surface area (Å²) in [6, 6.07) is 20.5. The van der Waals surface area contributed by atoms with E-state index in [0.29, 0.717) is 35.7 Å². The van der Waals surface area contributed by atoms with Gasteiger partial charge in [-0.3, -0.25) is 14.4 Å². The molecule has 2 unspecified atom stereocenters. The number of rotatable bonds is 20. The van der Waals surface area contributed by atoms with Crippen molar-refractivity contribution in [1.82, 2.24) is 25.9 Å². The summed E-state index contributed by atoms with van der Waals surface area (Å²) < 4.78 is 11.8. The van der Waals surface area contributed by atoms with Crippen LogP contribution in [0.4, 0.5) is 0 Å². The molecule has 3 amide bonds. The number of carbonyl (C=O) groups is 3. The molecule has 1 aliphatic carbocycles. The van der Waals surface area contributed by atoms with Crippen LogP contribution in [0.25, 0.3) is 11.0 Å². The van der Waals surface area contributed by atoms with Crippen molar-refractivity contribution in [2.45, 2.75) is 110 Å². The number of aromatic nitrogens is 2. The zero-order valence-electron chi connectivity index (χ0n) is 34.0. The van der Waals surface area contributed by atoms with Crippen LogP contribution in [0.1, 0.15) is 94.4 Å². The molecule has 3 aromatic carbocycles. The summed E-state index contributed by atoms with van der Waals surface area (Å²) in [5.41, 5.74) is 2.84. The molecule has 1 saturated carbocycles. The smallest absolute Gasteiger partial charge is 0.255 e. The fourth-order valence-corrected chi connectivity index (χ4v) is 7.70. The van der Waals surface area contributed by atoms with Crippen LogP contribution in [-0.2, 0) is 16.1 Å². The summed E-state index contributed by atoms with van der Waals surface area (Å²) in [5.74, 6) is -1.18. The van der Waals surface area contributed by atoms with Crippen LogP contribution >= 0.6 is 0 Å². The number of para-hydroxylation sites is 3. The SMILES string of the molecule is CCC(C)C(NC(=O)[C@H](C(C)C)[C@@H](O)[C@H](O)[C@H](CC1CCCCC1)NC(=O)c1ccc(C)cc1OCCOc1ccccc1)C(=O)NCc1nc2ccccc2[nH]1. The zero-order valence-corrected chi connectivity index (χ0v) is 34.0. The second-order valence-electron chi connectivity index (χ2n) is 15.9. The summed E-state index contributed by atoms with van der Waals surface area (Å²) in [7, 11) is 0. The highest BCUT2D eigenvalue weighted by atomic mass is 16.5. The largest absolute Gasteiger partial charge is 0.490 e. The van der Waals surface area contributed by atoms with E-state index in [0.717, 1.165) is 48.7 Å². The summed E-state index contributed by atoms with van der Waals surface area (Å²) in [6.45, 7) is 9.95. The minimum Gasteiger partial charge on any atom is -0.490 e. The summed E-state index contributed by atoms with van der Waals surface area (Å²) in [6.07, 6.45) is 3.16. The number of hydrogen-bond donors (Lipinski definition) is 6. The first-order chi connectivity index (χ1) is 27.4. The number of aliphatic hydroxyl groups is 2. The molecular formula is C45H61N5O7. The third kappa shape index (κ3) is 12.0. The standard InChI is InChI=1S/C45H61N5O7/c1-6-30(5)40(45(55)46-27-38-47-34-19-13-14-20-35(34)48-38)50-44(54)39(28(2)3)42(52)41(51)36(26-31-15-9-7-10-16-31)49-43(53)33-22-21-29(4)25-37(33)57-24-23-56-32-17-11-8-12-18-32/h8,11-14,17-22,25,28,30-31,36,39-42,51-52H,6-7,9-10,15-16,23-24,26-27H2,1-5H3,(H,46,55)(H,47,48)(H,49,53)(H,50,54)/t30?,36-,39+,40?,41+,42+/m0/s1. The van der Waals surface area contributed by atoms with Crippen molar-refractivity contribution in [3.05, 3.63) is 89.7 Å². The molecule has 0 aliphatic heterocycles. The molecule has 1 aliphatic rings. The fraction of sp³-hybridized carbons (Fsp3) is 0.511. The van der Waals surface area contributed by atoms with E-state index in [1.54, 1.807) is 26.0 Å². The van der Waals surface area contributed by atoms with E-state index < -0.39 is 47.9 Å². The highest BCUT2D eigenvalue weighted by molar-refractivity contribution is 5.97. The first-order valence-corrected chi connectivity index (χ1v) is 20.5. The molecule has 5 rings (SSSR count). The van der Waals surface area contributed by atoms with Gasteiger partial charge in [0.05, 0.1) is 41.2 Å². The van der Waals surface area contributed by atoms with Crippen molar-refractivity contribution in [3.8, 4) is 11.5 Å². The van der Waals surface area contributed by atoms with Gasteiger partial charge in [-0.05, 0) is 73.1 Å². The Balaban J connectivity index is 1.29. The molecule has 1 heterocycles. The lowest BCUT2D eigenvalue weighted by Gasteiger charge is -2.36. The number of H-pyrrole nitrogens is 1. The first-order valence-electron chi connectivity index (χ1n) is 20.5. The quantitative estimate of drug-likeness (QED) is 0.0572. The van der Waals surface area contributed by atoms with Gasteiger partial charge in [-0.1, -0.05) is 103 Å². The summed E-state index contributed by atoms with van der Waals surface area (Å²) in [5, 5.41) is 32.7. The van der Waals surface area contributed by atoms with E-state index in [-0.39, 0.29) is 37.5 Å². The van der Waals surface area contributed by atoms with Gasteiger partial charge in [0.25, 0.3) is 5.91 Å². The third-order valence-corrected chi connectivity index (χ3v) is 11.2. The van der Waals surface area contributed by atoms with Crippen molar-refractivity contribution in [2.24, 2.45) is 23.7 Å². The zero-order chi connectivity index (χ0) is 40.9. The predicted molar refractivity (Wildman–Crippen MR) is 221 cm³/mol. The molecule has 12 heteroatoms. The van der Waals surface area contributed by atoms with Crippen molar-refractivity contribution in [2.75, 3.05) is 13.2 Å². The minimum absolute atomic E-state index is 0.142. The summed E-state index contributed by atoms with van der Waals surface area (Å²) >= 11 is 0. The number of imidazole rings is 1. The van der Waals surface area contributed by atoms with Gasteiger partial charge in [0.2, 0.25) is 11.8 Å². The molecule has 6 N–H and O–H groups in total. The molecule has 0 spiro atoms. The van der Waals surface area contributed by atoms with Crippen LogP contribution in [0.2, 0.25) is 0 Å². The average molecular weight is 784 g/mol. The number of benzene rings is 3. The number of aromatic amines is 1. The van der Waals surface area contributed by atoms with Gasteiger partial charge in [-0.15, -0.1) is 0 Å². The molecule has 4 aromatic rings. The van der Waals surface area contributed by atoms with Gasteiger partial charge in [0, 0.05) is 0 Å². The van der Waals surface area contributed by atoms with Crippen LogP contribution < -0.4 is 25.4 Å². The molecule has 1 fully saturated rings. The predicted octanol–water partition coefficient (Wildman–Crippen LogP) is 6.24. The number of ether oxygens (including phenoxy) is 2. The van der Waals surface area contributed by atoms with Gasteiger partial charge >= 0.3 is 0 Å². The first kappa shape index (κ1) is 43.2. The Labute approximate surface area is 336 Å². The van der Waals surface area contributed by atoms with Crippen molar-refractivity contribution < 1.29 is 34.1 Å². The Hall–Kier alpha value is -4.94. The van der Waals surface area contributed by atoms with Crippen LogP contribution in [0.5, 0.6) is 11.5 Å². The van der Waals surface area contributed by atoms with Crippen molar-refractivity contribution in [3.63, 3.8) is 0 Å². The molecule has 6 atom stereocenters. The van der Waals surface area contributed by atoms with Crippen molar-refractivity contribution in [1.29, 1.82) is 0 Å². The van der Waals surface area contributed by atoms with E-state index in [2.05, 4.69) is 25.9 Å². The minimum atomic E-state index is -1.54. The summed E-state index contributed by atoms with van der Waals surface area (Å²) in [4.78, 5) is 49.5. The number of fused-ring (bicyclic) bond motifs is 1. The van der Waals surface area contributed by atoms with Crippen LogP contribution in [-0.4, -0.2) is 75.4 Å². The Bertz CT molecular complexity index is 1860. The molecule has 308 valence electrons. The molecule has 0 bridgehead atoms. The maximum atomic E-state index is 14.1. The number of carbonyl (C=O) groups excluding carboxylic acids is 3. The molecule has 1 aromatic heterocycles. The normalized spacial score (nSPS) is 16.6. The Morgan fingerprint density at radius 3 is 2.26 bits per heavy atom. The Morgan fingerprint density at radius 2 is 1.56 bits per heavy atom. The number of hydrogen-bond acceptors (Lipinski definition) is 8. The highest BCUT2D eigenvalue weighted by Crippen LogP contribution is 2.31. The Kier molecular flexibility index (Phi) is 15.9. The molecule has 0 radical (unpaired) electrons. The van der Waals surface area contributed by atoms with E-state index in [4.69, 9.17) is 9.47 Å². The number of amides is 3. The lowest BCUT2D eigenvalue weighted by molar-refractivity contribution is -0.140. The molecular weight excluding hydrogens is 723 g/mol. The Morgan fingerprint density at radius 1 is 0.860 bits per heavy atom. The average Bonchev–Trinajstić information content (AvgIpc) is 3.63. The van der Waals surface area contributed by atoms with Crippen LogP contribution in [0, 0.1) is 30.6 Å². The van der Waals surface area contributed by atoms with Gasteiger partial charge in [-0.25, -0.2) is 4.98 Å². The van der Waals surface area contributed by atoms with E-state index in [1.165, 1.54) is 0 Å². The number of nitrogens with one attached hydrogen (secondary N) is 4. The number of aryl methyl sites for hydroxylation is 1. The van der Waals surface area contributed by atoms with Gasteiger partial charge in [-0.2, -0.15) is 0 Å². The van der Waals surface area contributed by atoms with Gasteiger partial charge in [0.1, 0.15) is 42.7 Å². The lowest BCUT2D eigenvalue weighted by atomic mass is 9.79. The topological polar surface area (TPSA) is 175 Å². The van der Waals surface area contributed by atoms with E-state index in [1.807, 2.05) is 81.4 Å². The second-order valence-corrected chi connectivity index (χ2v) is 15.9. The monoisotopic (exact) mass is 783 g/mol. The number of nitrogens with zero attached hydrogens (tertiary/aromatic N) is 1. The maximum absolute atomic E-state index is 14.1. The molecule has 0 saturated heterocycles. The second kappa shape index (κ2) is 21.0. The van der Waals surface area contributed by atoms with Gasteiger partial charge < -0.3 is 40.6 Å². The van der Waals surface area contributed by atoms with Crippen LogP contribution in [0.3, 0.4) is 0 Å². The van der Waals surface area contributed by atoms with Gasteiger partial charge in [0.15, 0.2) is 0 Å². The molecule has 57 heavy (non-hydrogen) atoms.